The monoisotopic (exact) mass is 334 g/mol. The van der Waals surface area contributed by atoms with Crippen LogP contribution in [0.4, 0.5) is 18.9 Å². The van der Waals surface area contributed by atoms with Crippen molar-refractivity contribution in [2.24, 2.45) is 0 Å². The van der Waals surface area contributed by atoms with Gasteiger partial charge >= 0.3 is 18.1 Å². The molecule has 0 amide bonds. The van der Waals surface area contributed by atoms with Gasteiger partial charge in [0.25, 0.3) is 0 Å². The van der Waals surface area contributed by atoms with Gasteiger partial charge in [-0.15, -0.1) is 0 Å². The van der Waals surface area contributed by atoms with Crippen LogP contribution in [0.2, 0.25) is 0 Å². The molecular formula is C14H17F3N2O4. The van der Waals surface area contributed by atoms with E-state index >= 15 is 0 Å². The maximum Gasteiger partial charge on any atom is 0.416 e. The van der Waals surface area contributed by atoms with E-state index in [-0.39, 0.29) is 0 Å². The Morgan fingerprint density at radius 1 is 1.04 bits per heavy atom. The van der Waals surface area contributed by atoms with Crippen molar-refractivity contribution in [1.29, 1.82) is 0 Å². The van der Waals surface area contributed by atoms with E-state index in [1.54, 1.807) is 6.07 Å². The summed E-state index contributed by atoms with van der Waals surface area (Å²) in [4.78, 5) is 22.4. The van der Waals surface area contributed by atoms with Crippen LogP contribution < -0.4 is 4.90 Å². The van der Waals surface area contributed by atoms with E-state index in [2.05, 4.69) is 4.90 Å². The van der Waals surface area contributed by atoms with E-state index in [9.17, 15) is 13.2 Å². The lowest BCUT2D eigenvalue weighted by atomic mass is 10.1. The van der Waals surface area contributed by atoms with Crippen LogP contribution in [0, 0.1) is 0 Å². The van der Waals surface area contributed by atoms with Crippen LogP contribution in [0.25, 0.3) is 0 Å². The van der Waals surface area contributed by atoms with Crippen molar-refractivity contribution in [2.75, 3.05) is 38.1 Å². The minimum atomic E-state index is -4.26. The molecule has 0 saturated carbocycles. The van der Waals surface area contributed by atoms with Gasteiger partial charge in [0, 0.05) is 31.9 Å². The average molecular weight is 334 g/mol. The first-order valence-electron chi connectivity index (χ1n) is 6.68. The molecule has 2 N–H and O–H groups in total. The molecule has 23 heavy (non-hydrogen) atoms. The van der Waals surface area contributed by atoms with Crippen molar-refractivity contribution < 1.29 is 33.0 Å². The van der Waals surface area contributed by atoms with E-state index in [0.717, 1.165) is 32.2 Å². The molecule has 0 bridgehead atoms. The summed E-state index contributed by atoms with van der Waals surface area (Å²) in [5, 5.41) is 14.8. The van der Waals surface area contributed by atoms with Gasteiger partial charge in [0.05, 0.1) is 5.56 Å². The third-order valence-electron chi connectivity index (χ3n) is 3.22. The number of benzene rings is 1. The Morgan fingerprint density at radius 2 is 1.57 bits per heavy atom. The average Bonchev–Trinajstić information content (AvgIpc) is 2.48. The molecule has 1 aromatic rings. The number of alkyl halides is 3. The number of piperazine rings is 1. The van der Waals surface area contributed by atoms with Crippen LogP contribution in [0.15, 0.2) is 24.3 Å². The van der Waals surface area contributed by atoms with E-state index < -0.39 is 23.7 Å². The maximum absolute atomic E-state index is 12.6. The number of hydrogen-bond acceptors (Lipinski definition) is 4. The lowest BCUT2D eigenvalue weighted by molar-refractivity contribution is -0.159. The molecule has 1 heterocycles. The van der Waals surface area contributed by atoms with Crippen molar-refractivity contribution in [3.8, 4) is 0 Å². The summed E-state index contributed by atoms with van der Waals surface area (Å²) in [6.07, 6.45) is -4.26. The molecule has 9 heteroatoms. The van der Waals surface area contributed by atoms with Crippen LogP contribution in [0.5, 0.6) is 0 Å². The Morgan fingerprint density at radius 3 is 2.00 bits per heavy atom. The minimum Gasteiger partial charge on any atom is -0.473 e. The summed E-state index contributed by atoms with van der Waals surface area (Å²) in [5.74, 6) is -3.65. The molecule has 128 valence electrons. The van der Waals surface area contributed by atoms with Crippen molar-refractivity contribution in [2.45, 2.75) is 6.18 Å². The molecule has 1 aliphatic rings. The zero-order valence-corrected chi connectivity index (χ0v) is 12.4. The summed E-state index contributed by atoms with van der Waals surface area (Å²) in [6, 6.07) is 5.54. The smallest absolute Gasteiger partial charge is 0.416 e. The van der Waals surface area contributed by atoms with Gasteiger partial charge in [-0.2, -0.15) is 13.2 Å². The minimum absolute atomic E-state index is 0.575. The predicted octanol–water partition coefficient (Wildman–Crippen LogP) is 1.61. The van der Waals surface area contributed by atoms with Gasteiger partial charge in [-0.05, 0) is 25.2 Å². The van der Waals surface area contributed by atoms with Gasteiger partial charge in [-0.25, -0.2) is 9.59 Å². The lowest BCUT2D eigenvalue weighted by Gasteiger charge is -2.34. The standard InChI is InChI=1S/C12H15F3N2.C2H2O4/c1-16-5-7-17(8-6-16)11-4-2-3-10(9-11)12(13,14)15;3-1(4)2(5)6/h2-4,9H,5-8H2,1H3;(H,3,4)(H,5,6). The summed E-state index contributed by atoms with van der Waals surface area (Å²) < 4.78 is 37.7. The first-order valence-corrected chi connectivity index (χ1v) is 6.68. The Bertz CT molecular complexity index is 543. The Labute approximate surface area is 130 Å². The van der Waals surface area contributed by atoms with Crippen molar-refractivity contribution >= 4 is 17.6 Å². The number of halogens is 3. The zero-order valence-electron chi connectivity index (χ0n) is 12.4. The van der Waals surface area contributed by atoms with Crippen LogP contribution in [-0.4, -0.2) is 60.3 Å². The largest absolute Gasteiger partial charge is 0.473 e. The second kappa shape index (κ2) is 7.82. The summed E-state index contributed by atoms with van der Waals surface area (Å²) >= 11 is 0. The molecule has 0 aliphatic carbocycles. The maximum atomic E-state index is 12.6. The van der Waals surface area contributed by atoms with E-state index in [1.165, 1.54) is 12.1 Å². The number of carboxylic acids is 2. The molecule has 1 aromatic carbocycles. The number of carboxylic acid groups (broad SMARTS) is 2. The summed E-state index contributed by atoms with van der Waals surface area (Å²) in [5.41, 5.74) is 0.0850. The first-order chi connectivity index (χ1) is 10.6. The van der Waals surface area contributed by atoms with Crippen LogP contribution in [0.1, 0.15) is 5.56 Å². The highest BCUT2D eigenvalue weighted by Crippen LogP contribution is 2.31. The number of hydrogen-bond donors (Lipinski definition) is 2. The third kappa shape index (κ3) is 6.15. The highest BCUT2D eigenvalue weighted by Gasteiger charge is 2.31. The first kappa shape index (κ1) is 18.8. The second-order valence-electron chi connectivity index (χ2n) is 4.95. The highest BCUT2D eigenvalue weighted by atomic mass is 19.4. The lowest BCUT2D eigenvalue weighted by Crippen LogP contribution is -2.44. The number of likely N-dealkylation sites (N-methyl/N-ethyl adjacent to an activating group) is 1. The van der Waals surface area contributed by atoms with E-state index in [1.807, 2.05) is 11.9 Å². The summed E-state index contributed by atoms with van der Waals surface area (Å²) in [7, 11) is 2.02. The number of rotatable bonds is 1. The van der Waals surface area contributed by atoms with Gasteiger partial charge in [0.1, 0.15) is 0 Å². The molecular weight excluding hydrogens is 317 g/mol. The molecule has 0 radical (unpaired) electrons. The fourth-order valence-corrected chi connectivity index (χ4v) is 1.94. The second-order valence-corrected chi connectivity index (χ2v) is 4.95. The van der Waals surface area contributed by atoms with Crippen LogP contribution in [-0.2, 0) is 15.8 Å². The quantitative estimate of drug-likeness (QED) is 0.760. The fourth-order valence-electron chi connectivity index (χ4n) is 1.94. The van der Waals surface area contributed by atoms with Crippen molar-refractivity contribution in [3.63, 3.8) is 0 Å². The molecule has 2 rings (SSSR count). The molecule has 1 saturated heterocycles. The molecule has 6 nitrogen and oxygen atoms in total. The predicted molar refractivity (Wildman–Crippen MR) is 76.4 cm³/mol. The van der Waals surface area contributed by atoms with Gasteiger partial charge in [0.2, 0.25) is 0 Å². The zero-order chi connectivity index (χ0) is 17.6. The number of nitrogens with zero attached hydrogens (tertiary/aromatic N) is 2. The van der Waals surface area contributed by atoms with Crippen molar-refractivity contribution in [3.05, 3.63) is 29.8 Å². The third-order valence-corrected chi connectivity index (χ3v) is 3.22. The number of carbonyl (C=O) groups is 2. The van der Waals surface area contributed by atoms with Gasteiger partial charge in [0.15, 0.2) is 0 Å². The highest BCUT2D eigenvalue weighted by molar-refractivity contribution is 6.27. The van der Waals surface area contributed by atoms with Crippen molar-refractivity contribution in [1.82, 2.24) is 4.90 Å². The van der Waals surface area contributed by atoms with Gasteiger partial charge in [-0.1, -0.05) is 6.07 Å². The van der Waals surface area contributed by atoms with Gasteiger partial charge in [-0.3, -0.25) is 0 Å². The summed E-state index contributed by atoms with van der Waals surface area (Å²) in [6.45, 7) is 3.32. The molecule has 0 unspecified atom stereocenters. The fraction of sp³-hybridized carbons (Fsp3) is 0.429. The SMILES string of the molecule is CN1CCN(c2cccc(C(F)(F)F)c2)CC1.O=C(O)C(=O)O. The number of aliphatic carboxylic acids is 2. The van der Waals surface area contributed by atoms with Gasteiger partial charge < -0.3 is 20.0 Å². The Balaban J connectivity index is 0.000000379. The molecule has 1 fully saturated rings. The molecule has 0 aromatic heterocycles. The molecule has 0 spiro atoms. The topological polar surface area (TPSA) is 81.1 Å². The van der Waals surface area contributed by atoms with E-state index in [4.69, 9.17) is 19.8 Å². The molecule has 1 aliphatic heterocycles. The van der Waals surface area contributed by atoms with Crippen LogP contribution in [0.3, 0.4) is 0 Å². The van der Waals surface area contributed by atoms with E-state index in [0.29, 0.717) is 5.69 Å². The van der Waals surface area contributed by atoms with Crippen LogP contribution >= 0.6 is 0 Å². The normalized spacial score (nSPS) is 15.6. The number of anilines is 1. The molecule has 0 atom stereocenters. The Kier molecular flexibility index (Phi) is 6.38. The Hall–Kier alpha value is -2.29.